The summed E-state index contributed by atoms with van der Waals surface area (Å²) in [5.41, 5.74) is 3.65. The molecular formula is C22H26ClN5O3. The normalized spacial score (nSPS) is 23.5. The van der Waals surface area contributed by atoms with Crippen molar-refractivity contribution >= 4 is 23.4 Å². The first-order valence-corrected chi connectivity index (χ1v) is 11.1. The minimum absolute atomic E-state index is 0.118. The molecule has 2 atom stereocenters. The molecule has 0 spiro atoms. The number of nitrogens with one attached hydrogen (secondary N) is 2. The van der Waals surface area contributed by atoms with Gasteiger partial charge in [-0.05, 0) is 42.2 Å². The fraction of sp³-hybridized carbons (Fsp3) is 0.500. The first-order chi connectivity index (χ1) is 14.9. The molecule has 2 unspecified atom stereocenters. The number of rotatable bonds is 6. The number of hydrogen-bond donors (Lipinski definition) is 2. The molecule has 0 radical (unpaired) electrons. The molecule has 1 aromatic carbocycles. The molecular weight excluding hydrogens is 418 g/mol. The average Bonchev–Trinajstić information content (AvgIpc) is 3.41. The Kier molecular flexibility index (Phi) is 5.24. The standard InChI is InChI=1S/C22H26ClN5O3/c1-13-6-15(23)7-14(19(13)12-26-4-2-24-3-5-26)10-28-20(29)8-16(25-28)11-27-21(30)17-9-18(17)22(27)31/h6-8,17-18,24-25H,2-5,9-12H2,1H3. The molecule has 3 heterocycles. The number of piperidine rings is 1. The smallest absolute Gasteiger partial charge is 0.267 e. The molecule has 1 aliphatic carbocycles. The summed E-state index contributed by atoms with van der Waals surface area (Å²) in [6.45, 7) is 7.23. The van der Waals surface area contributed by atoms with Crippen LogP contribution in [0.25, 0.3) is 0 Å². The van der Waals surface area contributed by atoms with Crippen molar-refractivity contribution in [3.05, 3.63) is 56.0 Å². The van der Waals surface area contributed by atoms with E-state index in [1.54, 1.807) is 0 Å². The van der Waals surface area contributed by atoms with Crippen LogP contribution >= 0.6 is 11.6 Å². The van der Waals surface area contributed by atoms with Crippen LogP contribution < -0.4 is 10.9 Å². The lowest BCUT2D eigenvalue weighted by molar-refractivity contribution is -0.142. The Balaban J connectivity index is 1.36. The molecule has 2 N–H and O–H groups in total. The number of hydrogen-bond acceptors (Lipinski definition) is 5. The van der Waals surface area contributed by atoms with Crippen LogP contribution in [0.3, 0.4) is 0 Å². The molecule has 31 heavy (non-hydrogen) atoms. The van der Waals surface area contributed by atoms with E-state index in [1.165, 1.54) is 21.2 Å². The molecule has 164 valence electrons. The number of likely N-dealkylation sites (tertiary alicyclic amines) is 1. The van der Waals surface area contributed by atoms with Crippen LogP contribution in [0, 0.1) is 18.8 Å². The highest BCUT2D eigenvalue weighted by atomic mass is 35.5. The van der Waals surface area contributed by atoms with Crippen molar-refractivity contribution in [2.45, 2.75) is 33.0 Å². The molecule has 2 aliphatic heterocycles. The third-order valence-electron chi connectivity index (χ3n) is 6.58. The number of aryl methyl sites for hydroxylation is 1. The van der Waals surface area contributed by atoms with E-state index in [2.05, 4.69) is 15.3 Å². The minimum Gasteiger partial charge on any atom is -0.314 e. The van der Waals surface area contributed by atoms with E-state index in [0.29, 0.717) is 23.7 Å². The quantitative estimate of drug-likeness (QED) is 0.652. The molecule has 1 saturated carbocycles. The number of halogens is 1. The zero-order valence-electron chi connectivity index (χ0n) is 17.5. The second kappa shape index (κ2) is 7.93. The molecule has 8 nitrogen and oxygen atoms in total. The summed E-state index contributed by atoms with van der Waals surface area (Å²) < 4.78 is 1.52. The summed E-state index contributed by atoms with van der Waals surface area (Å²) in [7, 11) is 0. The van der Waals surface area contributed by atoms with Crippen LogP contribution in [0.2, 0.25) is 5.02 Å². The SMILES string of the molecule is Cc1cc(Cl)cc(Cn2[nH]c(CN3C(=O)C4CC4C3=O)cc2=O)c1CN1CCNCC1. The molecule has 2 amide bonds. The Labute approximate surface area is 185 Å². The lowest BCUT2D eigenvalue weighted by Gasteiger charge is -2.29. The first-order valence-electron chi connectivity index (χ1n) is 10.8. The van der Waals surface area contributed by atoms with Crippen molar-refractivity contribution < 1.29 is 9.59 Å². The first kappa shape index (κ1) is 20.5. The Hall–Kier alpha value is -2.42. The maximum absolute atomic E-state index is 12.6. The van der Waals surface area contributed by atoms with Gasteiger partial charge >= 0.3 is 0 Å². The van der Waals surface area contributed by atoms with E-state index in [4.69, 9.17) is 11.6 Å². The van der Waals surface area contributed by atoms with Gasteiger partial charge in [-0.1, -0.05) is 11.6 Å². The van der Waals surface area contributed by atoms with Gasteiger partial charge in [-0.25, -0.2) is 4.68 Å². The van der Waals surface area contributed by atoms with Gasteiger partial charge < -0.3 is 5.32 Å². The third kappa shape index (κ3) is 3.95. The number of amides is 2. The number of aromatic nitrogens is 2. The van der Waals surface area contributed by atoms with Crippen molar-refractivity contribution in [3.63, 3.8) is 0 Å². The number of piperazine rings is 1. The number of H-pyrrole nitrogens is 1. The molecule has 2 aromatic rings. The summed E-state index contributed by atoms with van der Waals surface area (Å²) in [4.78, 5) is 40.8. The average molecular weight is 444 g/mol. The van der Waals surface area contributed by atoms with E-state index < -0.39 is 0 Å². The van der Waals surface area contributed by atoms with Crippen molar-refractivity contribution in [1.82, 2.24) is 24.9 Å². The number of aromatic amines is 1. The van der Waals surface area contributed by atoms with Gasteiger partial charge in [0.1, 0.15) is 0 Å². The highest BCUT2D eigenvalue weighted by molar-refractivity contribution is 6.30. The van der Waals surface area contributed by atoms with Crippen LogP contribution in [-0.2, 0) is 29.2 Å². The third-order valence-corrected chi connectivity index (χ3v) is 6.80. The van der Waals surface area contributed by atoms with Gasteiger partial charge in [0, 0.05) is 43.8 Å². The zero-order chi connectivity index (χ0) is 21.7. The fourth-order valence-electron chi connectivity index (χ4n) is 4.74. The number of imide groups is 1. The highest BCUT2D eigenvalue weighted by Gasteiger charge is 2.58. The summed E-state index contributed by atoms with van der Waals surface area (Å²) in [6, 6.07) is 5.35. The number of nitrogens with zero attached hydrogens (tertiary/aromatic N) is 3. The highest BCUT2D eigenvalue weighted by Crippen LogP contribution is 2.47. The number of carbonyl (C=O) groups excluding carboxylic acids is 2. The van der Waals surface area contributed by atoms with Crippen LogP contribution in [0.15, 0.2) is 23.0 Å². The Morgan fingerprint density at radius 2 is 1.71 bits per heavy atom. The van der Waals surface area contributed by atoms with Gasteiger partial charge in [0.2, 0.25) is 11.8 Å². The molecule has 2 saturated heterocycles. The van der Waals surface area contributed by atoms with E-state index in [-0.39, 0.29) is 35.8 Å². The zero-order valence-corrected chi connectivity index (χ0v) is 18.2. The second-order valence-electron chi connectivity index (χ2n) is 8.80. The van der Waals surface area contributed by atoms with Crippen molar-refractivity contribution in [2.24, 2.45) is 11.8 Å². The molecule has 1 aromatic heterocycles. The lowest BCUT2D eigenvalue weighted by atomic mass is 10.0. The molecule has 5 rings (SSSR count). The van der Waals surface area contributed by atoms with Gasteiger partial charge in [0.05, 0.1) is 30.6 Å². The molecule has 3 aliphatic rings. The van der Waals surface area contributed by atoms with E-state index in [1.807, 2.05) is 19.1 Å². The monoisotopic (exact) mass is 443 g/mol. The fourth-order valence-corrected chi connectivity index (χ4v) is 5.03. The number of carbonyl (C=O) groups is 2. The molecule has 9 heteroatoms. The predicted molar refractivity (Wildman–Crippen MR) is 116 cm³/mol. The Bertz CT molecular complexity index is 1080. The van der Waals surface area contributed by atoms with Crippen LogP contribution in [0.4, 0.5) is 0 Å². The van der Waals surface area contributed by atoms with Gasteiger partial charge in [0.15, 0.2) is 0 Å². The van der Waals surface area contributed by atoms with Gasteiger partial charge in [-0.2, -0.15) is 0 Å². The van der Waals surface area contributed by atoms with E-state index in [9.17, 15) is 14.4 Å². The second-order valence-corrected chi connectivity index (χ2v) is 9.24. The van der Waals surface area contributed by atoms with Crippen LogP contribution in [0.5, 0.6) is 0 Å². The molecule has 0 bridgehead atoms. The number of fused-ring (bicyclic) bond motifs is 1. The summed E-state index contributed by atoms with van der Waals surface area (Å²) in [5.74, 6) is -0.508. The largest absolute Gasteiger partial charge is 0.314 e. The van der Waals surface area contributed by atoms with Gasteiger partial charge in [-0.3, -0.25) is 29.3 Å². The number of benzene rings is 1. The summed E-state index contributed by atoms with van der Waals surface area (Å²) in [6.07, 6.45) is 0.676. The summed E-state index contributed by atoms with van der Waals surface area (Å²) in [5, 5.41) is 7.10. The topological polar surface area (TPSA) is 90.4 Å². The Morgan fingerprint density at radius 1 is 1.00 bits per heavy atom. The lowest BCUT2D eigenvalue weighted by Crippen LogP contribution is -2.43. The van der Waals surface area contributed by atoms with Crippen LogP contribution in [-0.4, -0.2) is 57.6 Å². The molecule has 3 fully saturated rings. The van der Waals surface area contributed by atoms with Crippen molar-refractivity contribution in [3.8, 4) is 0 Å². The van der Waals surface area contributed by atoms with E-state index >= 15 is 0 Å². The van der Waals surface area contributed by atoms with Gasteiger partial charge in [0.25, 0.3) is 5.56 Å². The van der Waals surface area contributed by atoms with Gasteiger partial charge in [-0.15, -0.1) is 0 Å². The maximum Gasteiger partial charge on any atom is 0.267 e. The van der Waals surface area contributed by atoms with Crippen LogP contribution in [0.1, 0.15) is 28.8 Å². The van der Waals surface area contributed by atoms with Crippen molar-refractivity contribution in [1.29, 1.82) is 0 Å². The summed E-state index contributed by atoms with van der Waals surface area (Å²) >= 11 is 6.34. The van der Waals surface area contributed by atoms with E-state index in [0.717, 1.165) is 43.9 Å². The van der Waals surface area contributed by atoms with Crippen molar-refractivity contribution in [2.75, 3.05) is 26.2 Å². The minimum atomic E-state index is -0.190. The predicted octanol–water partition coefficient (Wildman–Crippen LogP) is 1.10. The Morgan fingerprint density at radius 3 is 2.42 bits per heavy atom. The maximum atomic E-state index is 12.6.